The molecule has 76 valence electrons. The minimum absolute atomic E-state index is 0.196. The van der Waals surface area contributed by atoms with Gasteiger partial charge in [0.1, 0.15) is 4.88 Å². The Morgan fingerprint density at radius 3 is 2.36 bits per heavy atom. The molecule has 0 fully saturated rings. The molecule has 0 saturated heterocycles. The molecule has 0 atom stereocenters. The minimum Gasteiger partial charge on any atom is -0.475 e. The summed E-state index contributed by atoms with van der Waals surface area (Å²) >= 11 is 1.09. The molecular formula is C8H10N2O3S. The highest BCUT2D eigenvalue weighted by Gasteiger charge is 2.21. The van der Waals surface area contributed by atoms with Gasteiger partial charge in [-0.2, -0.15) is 0 Å². The average Bonchev–Trinajstić information content (AvgIpc) is 2.46. The smallest absolute Gasteiger partial charge is 0.378 e. The van der Waals surface area contributed by atoms with Crippen LogP contribution in [0.2, 0.25) is 0 Å². The topological polar surface area (TPSA) is 70.5 Å². The van der Waals surface area contributed by atoms with Crippen LogP contribution in [0.1, 0.15) is 15.4 Å². The molecule has 6 heteroatoms. The van der Waals surface area contributed by atoms with Gasteiger partial charge in [0.15, 0.2) is 5.13 Å². The van der Waals surface area contributed by atoms with E-state index in [0.717, 1.165) is 11.3 Å². The summed E-state index contributed by atoms with van der Waals surface area (Å²) in [6.07, 6.45) is 0. The number of hydrogen-bond acceptors (Lipinski definition) is 5. The summed E-state index contributed by atoms with van der Waals surface area (Å²) in [5.74, 6) is -2.34. The van der Waals surface area contributed by atoms with E-state index in [0.29, 0.717) is 10.8 Å². The molecule has 0 saturated carbocycles. The van der Waals surface area contributed by atoms with E-state index in [1.807, 2.05) is 0 Å². The summed E-state index contributed by atoms with van der Waals surface area (Å²) in [5.41, 5.74) is 0.464. The van der Waals surface area contributed by atoms with Crippen molar-refractivity contribution in [3.63, 3.8) is 0 Å². The van der Waals surface area contributed by atoms with Gasteiger partial charge < -0.3 is 10.0 Å². The number of thiazole rings is 1. The molecule has 0 aliphatic carbocycles. The highest BCUT2D eigenvalue weighted by atomic mass is 32.1. The van der Waals surface area contributed by atoms with Crippen LogP contribution in [0.5, 0.6) is 0 Å². The molecule has 1 N–H and O–H groups in total. The number of carboxylic acid groups (broad SMARTS) is 1. The van der Waals surface area contributed by atoms with Crippen molar-refractivity contribution in [1.82, 2.24) is 4.98 Å². The van der Waals surface area contributed by atoms with E-state index in [2.05, 4.69) is 4.98 Å². The van der Waals surface area contributed by atoms with E-state index >= 15 is 0 Å². The summed E-state index contributed by atoms with van der Waals surface area (Å²) < 4.78 is 0. The van der Waals surface area contributed by atoms with Crippen LogP contribution in [0.4, 0.5) is 5.13 Å². The lowest BCUT2D eigenvalue weighted by Gasteiger charge is -2.04. The first-order chi connectivity index (χ1) is 6.43. The van der Waals surface area contributed by atoms with E-state index < -0.39 is 11.8 Å². The van der Waals surface area contributed by atoms with Gasteiger partial charge in [-0.05, 0) is 6.92 Å². The van der Waals surface area contributed by atoms with Crippen molar-refractivity contribution < 1.29 is 14.7 Å². The lowest BCUT2D eigenvalue weighted by molar-refractivity contribution is -0.131. The summed E-state index contributed by atoms with van der Waals surface area (Å²) in [7, 11) is 3.57. The Hall–Kier alpha value is -1.43. The van der Waals surface area contributed by atoms with Gasteiger partial charge in [-0.25, -0.2) is 9.78 Å². The van der Waals surface area contributed by atoms with Gasteiger partial charge in [0.05, 0.1) is 5.69 Å². The molecule has 1 rings (SSSR count). The highest BCUT2D eigenvalue weighted by molar-refractivity contribution is 7.18. The summed E-state index contributed by atoms with van der Waals surface area (Å²) in [4.78, 5) is 27.6. The lowest BCUT2D eigenvalue weighted by Crippen LogP contribution is -2.12. The Kier molecular flexibility index (Phi) is 2.85. The van der Waals surface area contributed by atoms with Crippen LogP contribution in [0.3, 0.4) is 0 Å². The summed E-state index contributed by atoms with van der Waals surface area (Å²) in [6.45, 7) is 1.62. The Balaban J connectivity index is 3.10. The first-order valence-corrected chi connectivity index (χ1v) is 4.67. The zero-order valence-electron chi connectivity index (χ0n) is 8.07. The van der Waals surface area contributed by atoms with Crippen molar-refractivity contribution in [2.45, 2.75) is 6.92 Å². The SMILES string of the molecule is Cc1nc(N(C)C)sc1C(=O)C(=O)O. The van der Waals surface area contributed by atoms with E-state index in [-0.39, 0.29) is 4.88 Å². The lowest BCUT2D eigenvalue weighted by atomic mass is 10.3. The van der Waals surface area contributed by atoms with Crippen molar-refractivity contribution in [2.75, 3.05) is 19.0 Å². The molecule has 0 aromatic carbocycles. The number of aliphatic carboxylic acids is 1. The molecule has 5 nitrogen and oxygen atoms in total. The number of ketones is 1. The fourth-order valence-corrected chi connectivity index (χ4v) is 1.80. The number of carbonyl (C=O) groups excluding carboxylic acids is 1. The Labute approximate surface area is 85.0 Å². The van der Waals surface area contributed by atoms with Gasteiger partial charge >= 0.3 is 5.97 Å². The number of nitrogens with zero attached hydrogens (tertiary/aromatic N) is 2. The fourth-order valence-electron chi connectivity index (χ4n) is 0.881. The normalized spacial score (nSPS) is 9.93. The standard InChI is InChI=1S/C8H10N2O3S/c1-4-6(5(11)7(12)13)14-8(9-4)10(2)3/h1-3H3,(H,12,13). The van der Waals surface area contributed by atoms with Gasteiger partial charge in [-0.3, -0.25) is 4.79 Å². The summed E-state index contributed by atoms with van der Waals surface area (Å²) in [6, 6.07) is 0. The van der Waals surface area contributed by atoms with Crippen LogP contribution >= 0.6 is 11.3 Å². The Morgan fingerprint density at radius 2 is 2.00 bits per heavy atom. The second-order valence-corrected chi connectivity index (χ2v) is 3.92. The predicted molar refractivity (Wildman–Crippen MR) is 53.1 cm³/mol. The van der Waals surface area contributed by atoms with Crippen LogP contribution in [0.25, 0.3) is 0 Å². The monoisotopic (exact) mass is 214 g/mol. The number of rotatable bonds is 3. The highest BCUT2D eigenvalue weighted by Crippen LogP contribution is 2.24. The number of aryl methyl sites for hydroxylation is 1. The number of carboxylic acids is 1. The zero-order chi connectivity index (χ0) is 10.9. The van der Waals surface area contributed by atoms with Crippen LogP contribution in [0, 0.1) is 6.92 Å². The van der Waals surface area contributed by atoms with Crippen LogP contribution < -0.4 is 4.90 Å². The number of hydrogen-bond donors (Lipinski definition) is 1. The number of carbonyl (C=O) groups is 2. The number of anilines is 1. The molecule has 0 radical (unpaired) electrons. The van der Waals surface area contributed by atoms with Crippen molar-refractivity contribution >= 4 is 28.2 Å². The third-order valence-electron chi connectivity index (χ3n) is 1.57. The van der Waals surface area contributed by atoms with Crippen LogP contribution in [-0.4, -0.2) is 35.9 Å². The van der Waals surface area contributed by atoms with Crippen molar-refractivity contribution in [3.8, 4) is 0 Å². The number of Topliss-reactive ketones (excluding diaryl/α,β-unsaturated/α-hetero) is 1. The predicted octanol–water partition coefficient (Wildman–Crippen LogP) is 0.785. The molecule has 1 aromatic heterocycles. The fraction of sp³-hybridized carbons (Fsp3) is 0.375. The third kappa shape index (κ3) is 1.90. The molecular weight excluding hydrogens is 204 g/mol. The quantitative estimate of drug-likeness (QED) is 0.595. The molecule has 0 amide bonds. The van der Waals surface area contributed by atoms with E-state index in [4.69, 9.17) is 5.11 Å². The molecule has 0 unspecified atom stereocenters. The Bertz CT molecular complexity index is 384. The molecule has 0 aliphatic rings. The molecule has 1 heterocycles. The first-order valence-electron chi connectivity index (χ1n) is 3.86. The second kappa shape index (κ2) is 3.75. The first kappa shape index (κ1) is 10.6. The van der Waals surface area contributed by atoms with Gasteiger partial charge in [0.2, 0.25) is 0 Å². The van der Waals surface area contributed by atoms with Crippen LogP contribution in [0.15, 0.2) is 0 Å². The van der Waals surface area contributed by atoms with E-state index in [9.17, 15) is 9.59 Å². The molecule has 0 bridgehead atoms. The van der Waals surface area contributed by atoms with Crippen molar-refractivity contribution in [2.24, 2.45) is 0 Å². The molecule has 1 aromatic rings. The van der Waals surface area contributed by atoms with Crippen LogP contribution in [-0.2, 0) is 4.79 Å². The van der Waals surface area contributed by atoms with Gasteiger partial charge in [-0.15, -0.1) is 0 Å². The van der Waals surface area contributed by atoms with E-state index in [1.54, 1.807) is 25.9 Å². The summed E-state index contributed by atoms with van der Waals surface area (Å²) in [5, 5.41) is 9.16. The van der Waals surface area contributed by atoms with Gasteiger partial charge in [0.25, 0.3) is 5.78 Å². The number of aromatic nitrogens is 1. The minimum atomic E-state index is -1.44. The maximum atomic E-state index is 11.2. The molecule has 14 heavy (non-hydrogen) atoms. The maximum absolute atomic E-state index is 11.2. The van der Waals surface area contributed by atoms with Crippen molar-refractivity contribution in [3.05, 3.63) is 10.6 Å². The molecule has 0 spiro atoms. The van der Waals surface area contributed by atoms with Crippen molar-refractivity contribution in [1.29, 1.82) is 0 Å². The maximum Gasteiger partial charge on any atom is 0.378 e. The van der Waals surface area contributed by atoms with Gasteiger partial charge in [-0.1, -0.05) is 11.3 Å². The molecule has 0 aliphatic heterocycles. The average molecular weight is 214 g/mol. The second-order valence-electron chi connectivity index (χ2n) is 2.94. The largest absolute Gasteiger partial charge is 0.475 e. The van der Waals surface area contributed by atoms with E-state index in [1.165, 1.54) is 0 Å². The third-order valence-corrected chi connectivity index (χ3v) is 2.89. The Morgan fingerprint density at radius 1 is 1.43 bits per heavy atom. The van der Waals surface area contributed by atoms with Gasteiger partial charge in [0, 0.05) is 14.1 Å². The zero-order valence-corrected chi connectivity index (χ0v) is 8.88.